The smallest absolute Gasteiger partial charge is 0.0882 e. The van der Waals surface area contributed by atoms with Crippen LogP contribution in [0.4, 0.5) is 0 Å². The number of aliphatic hydroxyl groups is 1. The van der Waals surface area contributed by atoms with E-state index in [9.17, 15) is 5.11 Å². The highest BCUT2D eigenvalue weighted by molar-refractivity contribution is 7.10. The molecule has 0 saturated carbocycles. The lowest BCUT2D eigenvalue weighted by Crippen LogP contribution is -1.95. The van der Waals surface area contributed by atoms with E-state index < -0.39 is 0 Å². The summed E-state index contributed by atoms with van der Waals surface area (Å²) in [6.45, 7) is 0. The number of hydrogen-bond donors (Lipinski definition) is 1. The maximum atomic E-state index is 9.85. The zero-order chi connectivity index (χ0) is 10.5. The molecule has 3 heteroatoms. The summed E-state index contributed by atoms with van der Waals surface area (Å²) in [5, 5.41) is 14.0. The van der Waals surface area contributed by atoms with Crippen LogP contribution >= 0.6 is 22.7 Å². The standard InChI is InChI=1S/C12H14OS2/c13-11(12-7-3-9-15-12)6-1-4-10-5-2-8-14-10/h2-3,5,7-9,11,13H,1,4,6H2. The molecule has 2 heterocycles. The number of rotatable bonds is 5. The van der Waals surface area contributed by atoms with Gasteiger partial charge in [-0.1, -0.05) is 12.1 Å². The van der Waals surface area contributed by atoms with Crippen LogP contribution in [0.5, 0.6) is 0 Å². The third-order valence-electron chi connectivity index (χ3n) is 2.35. The molecule has 0 aromatic carbocycles. The van der Waals surface area contributed by atoms with Gasteiger partial charge in [0.25, 0.3) is 0 Å². The molecule has 0 spiro atoms. The molecule has 1 N–H and O–H groups in total. The highest BCUT2D eigenvalue weighted by Gasteiger charge is 2.07. The summed E-state index contributed by atoms with van der Waals surface area (Å²) in [4.78, 5) is 2.49. The number of thiophene rings is 2. The zero-order valence-corrected chi connectivity index (χ0v) is 10.1. The van der Waals surface area contributed by atoms with Crippen LogP contribution in [0.3, 0.4) is 0 Å². The molecule has 0 radical (unpaired) electrons. The van der Waals surface area contributed by atoms with E-state index in [4.69, 9.17) is 0 Å². The number of hydrogen-bond acceptors (Lipinski definition) is 3. The summed E-state index contributed by atoms with van der Waals surface area (Å²) in [5.74, 6) is 0. The second-order valence-corrected chi connectivity index (χ2v) is 5.51. The molecule has 1 atom stereocenters. The predicted octanol–water partition coefficient (Wildman–Crippen LogP) is 3.87. The molecule has 0 aliphatic heterocycles. The Labute approximate surface area is 98.0 Å². The van der Waals surface area contributed by atoms with Gasteiger partial charge in [-0.3, -0.25) is 0 Å². The molecule has 1 nitrogen and oxygen atoms in total. The Hall–Kier alpha value is -0.640. The van der Waals surface area contributed by atoms with Gasteiger partial charge in [0, 0.05) is 9.75 Å². The van der Waals surface area contributed by atoms with E-state index in [1.54, 1.807) is 22.7 Å². The SMILES string of the molecule is OC(CCCc1cccs1)c1cccs1. The van der Waals surface area contributed by atoms with Crippen molar-refractivity contribution in [2.24, 2.45) is 0 Å². The summed E-state index contributed by atoms with van der Waals surface area (Å²) in [7, 11) is 0. The van der Waals surface area contributed by atoms with Crippen LogP contribution in [-0.2, 0) is 6.42 Å². The first-order valence-electron chi connectivity index (χ1n) is 5.10. The van der Waals surface area contributed by atoms with Gasteiger partial charge >= 0.3 is 0 Å². The molecule has 0 saturated heterocycles. The highest BCUT2D eigenvalue weighted by Crippen LogP contribution is 2.24. The van der Waals surface area contributed by atoms with E-state index >= 15 is 0 Å². The molecule has 0 aliphatic carbocycles. The van der Waals surface area contributed by atoms with Crippen LogP contribution in [0.25, 0.3) is 0 Å². The third kappa shape index (κ3) is 3.16. The number of aryl methyl sites for hydroxylation is 1. The van der Waals surface area contributed by atoms with Gasteiger partial charge in [-0.15, -0.1) is 22.7 Å². The lowest BCUT2D eigenvalue weighted by atomic mass is 10.1. The van der Waals surface area contributed by atoms with Crippen LogP contribution in [0.15, 0.2) is 35.0 Å². The van der Waals surface area contributed by atoms with Crippen LogP contribution in [0.2, 0.25) is 0 Å². The Balaban J connectivity index is 1.74. The average Bonchev–Trinajstić information content (AvgIpc) is 2.90. The Kier molecular flexibility index (Phi) is 3.94. The van der Waals surface area contributed by atoms with Crippen LogP contribution in [0, 0.1) is 0 Å². The quantitative estimate of drug-likeness (QED) is 0.838. The van der Waals surface area contributed by atoms with Crippen molar-refractivity contribution in [2.75, 3.05) is 0 Å². The molecule has 2 rings (SSSR count). The zero-order valence-electron chi connectivity index (χ0n) is 8.43. The van der Waals surface area contributed by atoms with Crippen molar-refractivity contribution in [3.8, 4) is 0 Å². The first-order chi connectivity index (χ1) is 7.36. The fourth-order valence-electron chi connectivity index (χ4n) is 1.55. The molecule has 15 heavy (non-hydrogen) atoms. The van der Waals surface area contributed by atoms with Crippen molar-refractivity contribution >= 4 is 22.7 Å². The maximum Gasteiger partial charge on any atom is 0.0882 e. The van der Waals surface area contributed by atoms with Gasteiger partial charge in [-0.25, -0.2) is 0 Å². The summed E-state index contributed by atoms with van der Waals surface area (Å²) in [6.07, 6.45) is 2.72. The molecule has 0 fully saturated rings. The molecule has 80 valence electrons. The van der Waals surface area contributed by atoms with E-state index in [0.717, 1.165) is 24.1 Å². The van der Waals surface area contributed by atoms with Crippen LogP contribution < -0.4 is 0 Å². The Morgan fingerprint density at radius 2 is 1.93 bits per heavy atom. The van der Waals surface area contributed by atoms with E-state index in [-0.39, 0.29) is 6.10 Å². The first kappa shape index (κ1) is 10.9. The summed E-state index contributed by atoms with van der Waals surface area (Å²) in [5.41, 5.74) is 0. The van der Waals surface area contributed by atoms with E-state index in [2.05, 4.69) is 17.5 Å². The van der Waals surface area contributed by atoms with Crippen LogP contribution in [-0.4, -0.2) is 5.11 Å². The minimum atomic E-state index is -0.273. The second-order valence-electron chi connectivity index (χ2n) is 3.50. The molecule has 0 aliphatic rings. The topological polar surface area (TPSA) is 20.2 Å². The Bertz CT molecular complexity index is 364. The van der Waals surface area contributed by atoms with Crippen molar-refractivity contribution in [2.45, 2.75) is 25.4 Å². The third-order valence-corrected chi connectivity index (χ3v) is 4.26. The Morgan fingerprint density at radius 3 is 2.60 bits per heavy atom. The summed E-state index contributed by atoms with van der Waals surface area (Å²) < 4.78 is 0. The van der Waals surface area contributed by atoms with Crippen molar-refractivity contribution in [1.29, 1.82) is 0 Å². The molecule has 2 aromatic heterocycles. The van der Waals surface area contributed by atoms with Gasteiger partial charge in [0.15, 0.2) is 0 Å². The number of aliphatic hydroxyl groups excluding tert-OH is 1. The van der Waals surface area contributed by atoms with Gasteiger partial charge < -0.3 is 5.11 Å². The van der Waals surface area contributed by atoms with Crippen molar-refractivity contribution in [1.82, 2.24) is 0 Å². The molecular weight excluding hydrogens is 224 g/mol. The van der Waals surface area contributed by atoms with Gasteiger partial charge in [0.05, 0.1) is 6.10 Å². The molecule has 0 bridgehead atoms. The van der Waals surface area contributed by atoms with E-state index in [1.165, 1.54) is 4.88 Å². The van der Waals surface area contributed by atoms with Gasteiger partial charge in [0.2, 0.25) is 0 Å². The van der Waals surface area contributed by atoms with Crippen molar-refractivity contribution in [3.05, 3.63) is 44.8 Å². The molecular formula is C12H14OS2. The average molecular weight is 238 g/mol. The summed E-state index contributed by atoms with van der Waals surface area (Å²) in [6, 6.07) is 8.22. The largest absolute Gasteiger partial charge is 0.388 e. The fourth-order valence-corrected chi connectivity index (χ4v) is 3.05. The molecule has 2 aromatic rings. The first-order valence-corrected chi connectivity index (χ1v) is 6.86. The van der Waals surface area contributed by atoms with Crippen molar-refractivity contribution in [3.63, 3.8) is 0 Å². The normalized spacial score (nSPS) is 12.9. The monoisotopic (exact) mass is 238 g/mol. The lowest BCUT2D eigenvalue weighted by Gasteiger charge is -2.07. The summed E-state index contributed by atoms with van der Waals surface area (Å²) >= 11 is 3.42. The highest BCUT2D eigenvalue weighted by atomic mass is 32.1. The van der Waals surface area contributed by atoms with Crippen molar-refractivity contribution < 1.29 is 5.11 Å². The second kappa shape index (κ2) is 5.45. The van der Waals surface area contributed by atoms with Gasteiger partial charge in [-0.05, 0) is 42.2 Å². The van der Waals surface area contributed by atoms with Gasteiger partial charge in [-0.2, -0.15) is 0 Å². The maximum absolute atomic E-state index is 9.85. The molecule has 0 amide bonds. The van der Waals surface area contributed by atoms with Crippen LogP contribution in [0.1, 0.15) is 28.7 Å². The minimum Gasteiger partial charge on any atom is -0.388 e. The van der Waals surface area contributed by atoms with E-state index in [1.807, 2.05) is 17.5 Å². The van der Waals surface area contributed by atoms with E-state index in [0.29, 0.717) is 0 Å². The predicted molar refractivity (Wildman–Crippen MR) is 66.5 cm³/mol. The minimum absolute atomic E-state index is 0.273. The fraction of sp³-hybridized carbons (Fsp3) is 0.333. The van der Waals surface area contributed by atoms with Gasteiger partial charge in [0.1, 0.15) is 0 Å². The molecule has 1 unspecified atom stereocenters. The lowest BCUT2D eigenvalue weighted by molar-refractivity contribution is 0.168. The Morgan fingerprint density at radius 1 is 1.13 bits per heavy atom.